The van der Waals surface area contributed by atoms with Crippen molar-refractivity contribution in [1.29, 1.82) is 0 Å². The first-order valence-corrected chi connectivity index (χ1v) is 9.54. The molecule has 134 valence electrons. The van der Waals surface area contributed by atoms with Crippen LogP contribution in [0.2, 0.25) is 0 Å². The van der Waals surface area contributed by atoms with Crippen molar-refractivity contribution in [3.05, 3.63) is 59.0 Å². The van der Waals surface area contributed by atoms with Gasteiger partial charge in [-0.3, -0.25) is 0 Å². The molecule has 0 heterocycles. The van der Waals surface area contributed by atoms with Crippen molar-refractivity contribution in [3.63, 3.8) is 0 Å². The van der Waals surface area contributed by atoms with Crippen molar-refractivity contribution in [2.45, 2.75) is 12.7 Å². The lowest BCUT2D eigenvalue weighted by molar-refractivity contribution is 0.339. The van der Waals surface area contributed by atoms with Crippen molar-refractivity contribution in [3.8, 4) is 17.2 Å². The Morgan fingerprint density at radius 1 is 0.920 bits per heavy atom. The highest BCUT2D eigenvalue weighted by Crippen LogP contribution is 2.30. The molecule has 2 aromatic carbocycles. The molecule has 0 bridgehead atoms. The molecule has 0 saturated carbocycles. The molecule has 0 aliphatic rings. The lowest BCUT2D eigenvalue weighted by Crippen LogP contribution is -2.04. The van der Waals surface area contributed by atoms with Crippen molar-refractivity contribution in [2.24, 2.45) is 0 Å². The summed E-state index contributed by atoms with van der Waals surface area (Å²) in [6.07, 6.45) is 1.54. The van der Waals surface area contributed by atoms with E-state index in [1.165, 1.54) is 19.6 Å². The SMILES string of the molecule is CCOc1ccccc1C=CS(=O)(=O)Cc1c(OC)cccc1OC. The molecule has 6 heteroatoms. The van der Waals surface area contributed by atoms with Crippen LogP contribution in [0.4, 0.5) is 0 Å². The zero-order chi connectivity index (χ0) is 18.3. The van der Waals surface area contributed by atoms with Gasteiger partial charge < -0.3 is 14.2 Å². The van der Waals surface area contributed by atoms with Crippen LogP contribution in [0.25, 0.3) is 6.08 Å². The highest BCUT2D eigenvalue weighted by atomic mass is 32.2. The molecular formula is C19H22O5S. The molecule has 0 aliphatic carbocycles. The fourth-order valence-electron chi connectivity index (χ4n) is 2.40. The standard InChI is InChI=1S/C19H22O5S/c1-4-24-17-9-6-5-8-15(17)12-13-25(20,21)14-16-18(22-2)10-7-11-19(16)23-3/h5-13H,4,14H2,1-3H3. The van der Waals surface area contributed by atoms with Crippen LogP contribution in [-0.4, -0.2) is 29.2 Å². The van der Waals surface area contributed by atoms with Crippen LogP contribution in [-0.2, 0) is 15.6 Å². The monoisotopic (exact) mass is 362 g/mol. The summed E-state index contributed by atoms with van der Waals surface area (Å²) in [6.45, 7) is 2.39. The molecule has 0 aromatic heterocycles. The number of para-hydroxylation sites is 1. The molecule has 5 nitrogen and oxygen atoms in total. The predicted molar refractivity (Wildman–Crippen MR) is 98.8 cm³/mol. The summed E-state index contributed by atoms with van der Waals surface area (Å²) in [7, 11) is -0.528. The minimum absolute atomic E-state index is 0.215. The van der Waals surface area contributed by atoms with Gasteiger partial charge in [-0.15, -0.1) is 0 Å². The molecular weight excluding hydrogens is 340 g/mol. The van der Waals surface area contributed by atoms with Crippen LogP contribution in [0.1, 0.15) is 18.1 Å². The highest BCUT2D eigenvalue weighted by Gasteiger charge is 2.17. The summed E-state index contributed by atoms with van der Waals surface area (Å²) in [4.78, 5) is 0. The molecule has 2 rings (SSSR count). The number of hydrogen-bond donors (Lipinski definition) is 0. The summed E-state index contributed by atoms with van der Waals surface area (Å²) in [6, 6.07) is 12.5. The van der Waals surface area contributed by atoms with Crippen molar-refractivity contribution < 1.29 is 22.6 Å². The van der Waals surface area contributed by atoms with E-state index in [0.29, 0.717) is 35.0 Å². The van der Waals surface area contributed by atoms with Gasteiger partial charge in [0.1, 0.15) is 17.2 Å². The van der Waals surface area contributed by atoms with Gasteiger partial charge in [0.05, 0.1) is 32.1 Å². The Hall–Kier alpha value is -2.47. The van der Waals surface area contributed by atoms with Gasteiger partial charge in [0.15, 0.2) is 9.84 Å². The molecule has 0 saturated heterocycles. The number of sulfone groups is 1. The summed E-state index contributed by atoms with van der Waals surface area (Å²) in [5.74, 6) is 1.39. The van der Waals surface area contributed by atoms with E-state index in [-0.39, 0.29) is 5.75 Å². The van der Waals surface area contributed by atoms with Crippen molar-refractivity contribution in [2.75, 3.05) is 20.8 Å². The number of ether oxygens (including phenoxy) is 3. The predicted octanol–water partition coefficient (Wildman–Crippen LogP) is 3.69. The molecule has 0 radical (unpaired) electrons. The van der Waals surface area contributed by atoms with Gasteiger partial charge >= 0.3 is 0 Å². The highest BCUT2D eigenvalue weighted by molar-refractivity contribution is 7.93. The summed E-state index contributed by atoms with van der Waals surface area (Å²) in [5.41, 5.74) is 1.20. The first-order chi connectivity index (χ1) is 12.0. The summed E-state index contributed by atoms with van der Waals surface area (Å²) >= 11 is 0. The Morgan fingerprint density at radius 3 is 2.12 bits per heavy atom. The Kier molecular flexibility index (Phi) is 6.47. The third kappa shape index (κ3) is 5.00. The topological polar surface area (TPSA) is 61.8 Å². The van der Waals surface area contributed by atoms with Crippen LogP contribution >= 0.6 is 0 Å². The molecule has 0 atom stereocenters. The quantitative estimate of drug-likeness (QED) is 0.717. The van der Waals surface area contributed by atoms with E-state index < -0.39 is 9.84 Å². The lowest BCUT2D eigenvalue weighted by atomic mass is 10.2. The Labute approximate surface area is 148 Å². The van der Waals surface area contributed by atoms with E-state index in [9.17, 15) is 8.42 Å². The van der Waals surface area contributed by atoms with E-state index in [0.717, 1.165) is 0 Å². The second kappa shape index (κ2) is 8.58. The molecule has 25 heavy (non-hydrogen) atoms. The molecule has 2 aromatic rings. The van der Waals surface area contributed by atoms with Gasteiger partial charge in [-0.1, -0.05) is 24.3 Å². The van der Waals surface area contributed by atoms with Gasteiger partial charge in [-0.05, 0) is 31.2 Å². The Bertz CT molecular complexity index is 818. The summed E-state index contributed by atoms with van der Waals surface area (Å²) < 4.78 is 41.1. The van der Waals surface area contributed by atoms with E-state index >= 15 is 0 Å². The van der Waals surface area contributed by atoms with Crippen molar-refractivity contribution >= 4 is 15.9 Å². The largest absolute Gasteiger partial charge is 0.496 e. The van der Waals surface area contributed by atoms with Crippen LogP contribution in [0.15, 0.2) is 47.9 Å². The van der Waals surface area contributed by atoms with Gasteiger partial charge in [0, 0.05) is 11.0 Å². The summed E-state index contributed by atoms with van der Waals surface area (Å²) in [5, 5.41) is 1.19. The van der Waals surface area contributed by atoms with E-state index in [1.54, 1.807) is 36.4 Å². The zero-order valence-electron chi connectivity index (χ0n) is 14.6. The first-order valence-electron chi connectivity index (χ1n) is 7.83. The number of hydrogen-bond acceptors (Lipinski definition) is 5. The van der Waals surface area contributed by atoms with Gasteiger partial charge in [0.25, 0.3) is 0 Å². The maximum Gasteiger partial charge on any atom is 0.176 e. The maximum absolute atomic E-state index is 12.5. The van der Waals surface area contributed by atoms with Crippen LogP contribution in [0, 0.1) is 0 Å². The molecule has 0 spiro atoms. The maximum atomic E-state index is 12.5. The average molecular weight is 362 g/mol. The fourth-order valence-corrected chi connectivity index (χ4v) is 3.54. The Balaban J connectivity index is 2.30. The second-order valence-corrected chi connectivity index (χ2v) is 7.11. The molecule has 0 aliphatic heterocycles. The molecule has 0 N–H and O–H groups in total. The number of rotatable bonds is 8. The minimum Gasteiger partial charge on any atom is -0.496 e. The van der Waals surface area contributed by atoms with Crippen LogP contribution in [0.5, 0.6) is 17.2 Å². The average Bonchev–Trinajstić information content (AvgIpc) is 2.61. The minimum atomic E-state index is -3.53. The third-order valence-electron chi connectivity index (χ3n) is 3.55. The smallest absolute Gasteiger partial charge is 0.176 e. The van der Waals surface area contributed by atoms with E-state index in [2.05, 4.69) is 0 Å². The van der Waals surface area contributed by atoms with Crippen molar-refractivity contribution in [1.82, 2.24) is 0 Å². The first kappa shape index (κ1) is 18.9. The van der Waals surface area contributed by atoms with Gasteiger partial charge in [-0.2, -0.15) is 0 Å². The third-order valence-corrected chi connectivity index (χ3v) is 4.79. The fraction of sp³-hybridized carbons (Fsp3) is 0.263. The second-order valence-electron chi connectivity index (χ2n) is 5.22. The van der Waals surface area contributed by atoms with Crippen LogP contribution in [0.3, 0.4) is 0 Å². The zero-order valence-corrected chi connectivity index (χ0v) is 15.4. The lowest BCUT2D eigenvalue weighted by Gasteiger charge is -2.12. The number of methoxy groups -OCH3 is 2. The molecule has 0 fully saturated rings. The van der Waals surface area contributed by atoms with E-state index in [1.807, 2.05) is 19.1 Å². The van der Waals surface area contributed by atoms with E-state index in [4.69, 9.17) is 14.2 Å². The molecule has 0 unspecified atom stereocenters. The van der Waals surface area contributed by atoms with Crippen LogP contribution < -0.4 is 14.2 Å². The van der Waals surface area contributed by atoms with Gasteiger partial charge in [-0.25, -0.2) is 8.42 Å². The Morgan fingerprint density at radius 2 is 1.52 bits per heavy atom. The molecule has 0 amide bonds. The number of benzene rings is 2. The normalized spacial score (nSPS) is 11.5. The van der Waals surface area contributed by atoms with Gasteiger partial charge in [0.2, 0.25) is 0 Å².